The van der Waals surface area contributed by atoms with Crippen molar-refractivity contribution >= 4 is 5.91 Å². The highest BCUT2D eigenvalue weighted by molar-refractivity contribution is 5.95. The number of carbonyl (C=O) groups excluding carboxylic acids is 1. The first-order valence-corrected chi connectivity index (χ1v) is 8.07. The van der Waals surface area contributed by atoms with Gasteiger partial charge in [0, 0.05) is 11.6 Å². The van der Waals surface area contributed by atoms with Crippen LogP contribution in [0.4, 0.5) is 0 Å². The average molecular weight is 359 g/mol. The molecular weight excluding hydrogens is 338 g/mol. The SMILES string of the molecule is COc1cc(OC)cc(C(=O)NCC(C)(O)c2ccc3c(c2)OCO3)c1. The van der Waals surface area contributed by atoms with Gasteiger partial charge in [0.15, 0.2) is 11.5 Å². The van der Waals surface area contributed by atoms with Crippen molar-refractivity contribution in [2.24, 2.45) is 0 Å². The molecule has 0 radical (unpaired) electrons. The molecule has 1 aliphatic heterocycles. The Morgan fingerprint density at radius 2 is 1.77 bits per heavy atom. The first-order chi connectivity index (χ1) is 12.4. The molecule has 0 fully saturated rings. The summed E-state index contributed by atoms with van der Waals surface area (Å²) in [6, 6.07) is 10.1. The minimum atomic E-state index is -1.28. The Morgan fingerprint density at radius 1 is 1.12 bits per heavy atom. The van der Waals surface area contributed by atoms with E-state index < -0.39 is 5.60 Å². The largest absolute Gasteiger partial charge is 0.497 e. The van der Waals surface area contributed by atoms with Crippen molar-refractivity contribution in [3.8, 4) is 23.0 Å². The van der Waals surface area contributed by atoms with Crippen LogP contribution in [0.25, 0.3) is 0 Å². The summed E-state index contributed by atoms with van der Waals surface area (Å²) in [5.41, 5.74) is -0.285. The monoisotopic (exact) mass is 359 g/mol. The molecule has 0 saturated carbocycles. The van der Waals surface area contributed by atoms with Crippen molar-refractivity contribution in [2.45, 2.75) is 12.5 Å². The number of hydrogen-bond acceptors (Lipinski definition) is 6. The van der Waals surface area contributed by atoms with E-state index in [-0.39, 0.29) is 19.2 Å². The zero-order valence-electron chi connectivity index (χ0n) is 14.9. The molecule has 2 aromatic carbocycles. The van der Waals surface area contributed by atoms with Crippen molar-refractivity contribution < 1.29 is 28.8 Å². The molecule has 1 heterocycles. The Balaban J connectivity index is 1.72. The van der Waals surface area contributed by atoms with Crippen LogP contribution in [-0.4, -0.2) is 38.6 Å². The third-order valence-electron chi connectivity index (χ3n) is 4.20. The van der Waals surface area contributed by atoms with Crippen LogP contribution >= 0.6 is 0 Å². The van der Waals surface area contributed by atoms with Crippen LogP contribution in [0.1, 0.15) is 22.8 Å². The van der Waals surface area contributed by atoms with Crippen molar-refractivity contribution in [1.29, 1.82) is 0 Å². The summed E-state index contributed by atoms with van der Waals surface area (Å²) in [4.78, 5) is 12.5. The van der Waals surface area contributed by atoms with E-state index in [1.807, 2.05) is 0 Å². The summed E-state index contributed by atoms with van der Waals surface area (Å²) in [7, 11) is 3.03. The zero-order chi connectivity index (χ0) is 18.7. The molecule has 0 aliphatic carbocycles. The zero-order valence-corrected chi connectivity index (χ0v) is 14.9. The van der Waals surface area contributed by atoms with E-state index in [0.29, 0.717) is 34.1 Å². The average Bonchev–Trinajstić information content (AvgIpc) is 3.13. The number of nitrogens with one attached hydrogen (secondary N) is 1. The lowest BCUT2D eigenvalue weighted by Gasteiger charge is -2.24. The lowest BCUT2D eigenvalue weighted by molar-refractivity contribution is 0.0524. The number of rotatable bonds is 6. The summed E-state index contributed by atoms with van der Waals surface area (Å²) < 4.78 is 20.9. The predicted molar refractivity (Wildman–Crippen MR) is 94.0 cm³/mol. The van der Waals surface area contributed by atoms with E-state index in [0.717, 1.165) is 0 Å². The fraction of sp³-hybridized carbons (Fsp3) is 0.316. The van der Waals surface area contributed by atoms with E-state index in [2.05, 4.69) is 5.32 Å². The number of amides is 1. The lowest BCUT2D eigenvalue weighted by atomic mass is 9.95. The van der Waals surface area contributed by atoms with Gasteiger partial charge in [0.25, 0.3) is 5.91 Å². The second kappa shape index (κ2) is 7.13. The minimum Gasteiger partial charge on any atom is -0.497 e. The Bertz CT molecular complexity index is 795. The van der Waals surface area contributed by atoms with Crippen LogP contribution < -0.4 is 24.3 Å². The van der Waals surface area contributed by atoms with Crippen LogP contribution in [-0.2, 0) is 5.60 Å². The van der Waals surface area contributed by atoms with E-state index in [4.69, 9.17) is 18.9 Å². The fourth-order valence-corrected chi connectivity index (χ4v) is 2.63. The molecule has 0 aromatic heterocycles. The lowest BCUT2D eigenvalue weighted by Crippen LogP contribution is -2.38. The highest BCUT2D eigenvalue weighted by atomic mass is 16.7. The van der Waals surface area contributed by atoms with Crippen molar-refractivity contribution in [2.75, 3.05) is 27.6 Å². The van der Waals surface area contributed by atoms with Gasteiger partial charge in [0.2, 0.25) is 6.79 Å². The van der Waals surface area contributed by atoms with Gasteiger partial charge in [-0.05, 0) is 36.8 Å². The molecule has 3 rings (SSSR count). The Morgan fingerprint density at radius 3 is 2.42 bits per heavy atom. The van der Waals surface area contributed by atoms with Crippen LogP contribution in [0.15, 0.2) is 36.4 Å². The van der Waals surface area contributed by atoms with E-state index in [9.17, 15) is 9.90 Å². The molecule has 0 saturated heterocycles. The number of fused-ring (bicyclic) bond motifs is 1. The fourth-order valence-electron chi connectivity index (χ4n) is 2.63. The third kappa shape index (κ3) is 3.67. The number of hydrogen-bond donors (Lipinski definition) is 2. The standard InChI is InChI=1S/C19H21NO6/c1-19(22,13-4-5-16-17(8-13)26-11-25-16)10-20-18(21)12-6-14(23-2)9-15(7-12)24-3/h4-9,22H,10-11H2,1-3H3,(H,20,21). The first kappa shape index (κ1) is 17.9. The number of methoxy groups -OCH3 is 2. The van der Waals surface area contributed by atoms with Crippen LogP contribution in [0.5, 0.6) is 23.0 Å². The molecule has 1 atom stereocenters. The summed E-state index contributed by atoms with van der Waals surface area (Å²) in [5, 5.41) is 13.5. The third-order valence-corrected chi connectivity index (χ3v) is 4.20. The van der Waals surface area contributed by atoms with Gasteiger partial charge in [-0.25, -0.2) is 0 Å². The molecule has 2 aromatic rings. The molecule has 2 N–H and O–H groups in total. The Hall–Kier alpha value is -2.93. The second-order valence-corrected chi connectivity index (χ2v) is 6.13. The van der Waals surface area contributed by atoms with E-state index >= 15 is 0 Å². The Kier molecular flexibility index (Phi) is 4.90. The summed E-state index contributed by atoms with van der Waals surface area (Å²) in [5.74, 6) is 1.89. The second-order valence-electron chi connectivity index (χ2n) is 6.13. The molecule has 1 unspecified atom stereocenters. The van der Waals surface area contributed by atoms with Crippen LogP contribution in [0.2, 0.25) is 0 Å². The molecule has 138 valence electrons. The summed E-state index contributed by atoms with van der Waals surface area (Å²) >= 11 is 0. The van der Waals surface area contributed by atoms with Gasteiger partial charge in [-0.2, -0.15) is 0 Å². The maximum atomic E-state index is 12.5. The van der Waals surface area contributed by atoms with Crippen LogP contribution in [0, 0.1) is 0 Å². The maximum absolute atomic E-state index is 12.5. The molecule has 7 nitrogen and oxygen atoms in total. The quantitative estimate of drug-likeness (QED) is 0.821. The number of benzene rings is 2. The molecule has 1 amide bonds. The topological polar surface area (TPSA) is 86.3 Å². The maximum Gasteiger partial charge on any atom is 0.251 e. The molecule has 7 heteroatoms. The van der Waals surface area contributed by atoms with Crippen LogP contribution in [0.3, 0.4) is 0 Å². The van der Waals surface area contributed by atoms with Gasteiger partial charge >= 0.3 is 0 Å². The first-order valence-electron chi connectivity index (χ1n) is 8.07. The molecule has 0 spiro atoms. The molecule has 0 bridgehead atoms. The van der Waals surface area contributed by atoms with Gasteiger partial charge in [-0.3, -0.25) is 4.79 Å². The summed E-state index contributed by atoms with van der Waals surface area (Å²) in [6.45, 7) is 1.80. The Labute approximate surface area is 151 Å². The van der Waals surface area contributed by atoms with Gasteiger partial charge in [-0.15, -0.1) is 0 Å². The minimum absolute atomic E-state index is 0.0189. The van der Waals surface area contributed by atoms with E-state index in [1.54, 1.807) is 43.3 Å². The van der Waals surface area contributed by atoms with Gasteiger partial charge in [-0.1, -0.05) is 6.07 Å². The summed E-state index contributed by atoms with van der Waals surface area (Å²) in [6.07, 6.45) is 0. The molecule has 26 heavy (non-hydrogen) atoms. The number of ether oxygens (including phenoxy) is 4. The van der Waals surface area contributed by atoms with Crippen molar-refractivity contribution in [3.05, 3.63) is 47.5 Å². The van der Waals surface area contributed by atoms with Gasteiger partial charge in [0.05, 0.1) is 20.8 Å². The van der Waals surface area contributed by atoms with Crippen molar-refractivity contribution in [3.63, 3.8) is 0 Å². The highest BCUT2D eigenvalue weighted by Gasteiger charge is 2.27. The predicted octanol–water partition coefficient (Wildman–Crippen LogP) is 2.07. The van der Waals surface area contributed by atoms with Gasteiger partial charge < -0.3 is 29.4 Å². The van der Waals surface area contributed by atoms with E-state index in [1.165, 1.54) is 14.2 Å². The highest BCUT2D eigenvalue weighted by Crippen LogP contribution is 2.35. The number of aliphatic hydroxyl groups is 1. The van der Waals surface area contributed by atoms with Crippen molar-refractivity contribution in [1.82, 2.24) is 5.32 Å². The van der Waals surface area contributed by atoms with Gasteiger partial charge in [0.1, 0.15) is 17.1 Å². The normalized spacial score (nSPS) is 14.5. The smallest absolute Gasteiger partial charge is 0.251 e. The molecule has 1 aliphatic rings. The molecular formula is C19H21NO6. The number of carbonyl (C=O) groups is 1.